The molecule has 0 radical (unpaired) electrons. The van der Waals surface area contributed by atoms with E-state index in [9.17, 15) is 0 Å². The maximum Gasteiger partial charge on any atom is 0.231 e. The first-order valence-corrected chi connectivity index (χ1v) is 4.89. The quantitative estimate of drug-likeness (QED) is 0.685. The van der Waals surface area contributed by atoms with Crippen molar-refractivity contribution in [2.75, 3.05) is 13.2 Å². The summed E-state index contributed by atoms with van der Waals surface area (Å²) in [6, 6.07) is 0. The molecule has 1 fully saturated rings. The van der Waals surface area contributed by atoms with Crippen LogP contribution in [0.25, 0.3) is 0 Å². The van der Waals surface area contributed by atoms with Gasteiger partial charge in [-0.1, -0.05) is 0 Å². The number of hydrogen-bond donors (Lipinski definition) is 0. The van der Waals surface area contributed by atoms with Gasteiger partial charge < -0.3 is 9.15 Å². The molecule has 0 amide bonds. The largest absolute Gasteiger partial charge is 0.424 e. The zero-order valence-corrected chi connectivity index (χ0v) is 7.96. The van der Waals surface area contributed by atoms with Gasteiger partial charge in [0.25, 0.3) is 0 Å². The van der Waals surface area contributed by atoms with Crippen LogP contribution in [0.4, 0.5) is 0 Å². The highest BCUT2D eigenvalue weighted by Gasteiger charge is 2.21. The molecule has 1 atom stereocenters. The van der Waals surface area contributed by atoms with E-state index in [-0.39, 0.29) is 11.8 Å². The molecular formula is C8H11ClN2O2. The van der Waals surface area contributed by atoms with Gasteiger partial charge in [-0.15, -0.1) is 21.8 Å². The molecule has 2 heterocycles. The number of hydrogen-bond acceptors (Lipinski definition) is 4. The summed E-state index contributed by atoms with van der Waals surface area (Å²) >= 11 is 5.55. The van der Waals surface area contributed by atoms with Crippen molar-refractivity contribution in [2.24, 2.45) is 0 Å². The number of aromatic nitrogens is 2. The lowest BCUT2D eigenvalue weighted by Crippen LogP contribution is -2.15. The van der Waals surface area contributed by atoms with Crippen LogP contribution >= 0.6 is 11.6 Å². The highest BCUT2D eigenvalue weighted by Crippen LogP contribution is 2.24. The second-order valence-electron chi connectivity index (χ2n) is 3.08. The SMILES string of the molecule is ClCc1nnc([C@@H]2CCCOC2)o1. The average molecular weight is 203 g/mol. The van der Waals surface area contributed by atoms with E-state index in [1.807, 2.05) is 0 Å². The third-order valence-electron chi connectivity index (χ3n) is 2.11. The highest BCUT2D eigenvalue weighted by atomic mass is 35.5. The molecule has 2 rings (SSSR count). The van der Waals surface area contributed by atoms with Gasteiger partial charge in [0.05, 0.1) is 12.5 Å². The summed E-state index contributed by atoms with van der Waals surface area (Å²) in [5, 5.41) is 7.74. The number of nitrogens with zero attached hydrogens (tertiary/aromatic N) is 2. The van der Waals surface area contributed by atoms with Crippen LogP contribution in [0, 0.1) is 0 Å². The van der Waals surface area contributed by atoms with Gasteiger partial charge in [-0.2, -0.15) is 0 Å². The first-order chi connectivity index (χ1) is 6.40. The van der Waals surface area contributed by atoms with Crippen molar-refractivity contribution in [1.29, 1.82) is 0 Å². The van der Waals surface area contributed by atoms with Crippen molar-refractivity contribution in [3.63, 3.8) is 0 Å². The fourth-order valence-electron chi connectivity index (χ4n) is 1.42. The number of rotatable bonds is 2. The topological polar surface area (TPSA) is 48.2 Å². The Balaban J connectivity index is 2.05. The van der Waals surface area contributed by atoms with Crippen molar-refractivity contribution in [3.8, 4) is 0 Å². The van der Waals surface area contributed by atoms with Gasteiger partial charge >= 0.3 is 0 Å². The molecule has 0 aliphatic carbocycles. The van der Waals surface area contributed by atoms with Gasteiger partial charge in [0.15, 0.2) is 0 Å². The molecule has 13 heavy (non-hydrogen) atoms. The monoisotopic (exact) mass is 202 g/mol. The molecule has 1 aromatic heterocycles. The van der Waals surface area contributed by atoms with Crippen LogP contribution < -0.4 is 0 Å². The standard InChI is InChI=1S/C8H11ClN2O2/c9-4-7-10-11-8(13-7)6-2-1-3-12-5-6/h6H,1-5H2/t6-/m1/s1. The molecule has 0 saturated carbocycles. The van der Waals surface area contributed by atoms with Crippen LogP contribution in [0.5, 0.6) is 0 Å². The van der Waals surface area contributed by atoms with Crippen LogP contribution in [-0.2, 0) is 10.6 Å². The lowest BCUT2D eigenvalue weighted by atomic mass is 10.0. The summed E-state index contributed by atoms with van der Waals surface area (Å²) in [5.74, 6) is 1.69. The van der Waals surface area contributed by atoms with E-state index in [2.05, 4.69) is 10.2 Å². The minimum absolute atomic E-state index is 0.262. The Labute approximate surface area is 81.2 Å². The van der Waals surface area contributed by atoms with E-state index >= 15 is 0 Å². The first-order valence-electron chi connectivity index (χ1n) is 4.36. The van der Waals surface area contributed by atoms with Crippen LogP contribution in [-0.4, -0.2) is 23.4 Å². The zero-order chi connectivity index (χ0) is 9.10. The summed E-state index contributed by atoms with van der Waals surface area (Å²) in [4.78, 5) is 0. The molecule has 1 aliphatic heterocycles. The van der Waals surface area contributed by atoms with Gasteiger partial charge in [0.2, 0.25) is 11.8 Å². The highest BCUT2D eigenvalue weighted by molar-refractivity contribution is 6.16. The molecule has 0 N–H and O–H groups in total. The summed E-state index contributed by atoms with van der Waals surface area (Å²) < 4.78 is 10.7. The molecule has 1 saturated heterocycles. The van der Waals surface area contributed by atoms with E-state index in [0.717, 1.165) is 19.4 Å². The van der Waals surface area contributed by atoms with Crippen molar-refractivity contribution in [3.05, 3.63) is 11.8 Å². The molecule has 1 aliphatic rings. The van der Waals surface area contributed by atoms with E-state index in [1.165, 1.54) is 0 Å². The molecule has 1 aromatic rings. The van der Waals surface area contributed by atoms with Gasteiger partial charge in [0, 0.05) is 6.61 Å². The minimum Gasteiger partial charge on any atom is -0.424 e. The van der Waals surface area contributed by atoms with Crippen LogP contribution in [0.2, 0.25) is 0 Å². The van der Waals surface area contributed by atoms with Crippen molar-refractivity contribution in [2.45, 2.75) is 24.6 Å². The van der Waals surface area contributed by atoms with Gasteiger partial charge in [-0.05, 0) is 12.8 Å². The predicted molar refractivity (Wildman–Crippen MR) is 46.6 cm³/mol. The zero-order valence-electron chi connectivity index (χ0n) is 7.20. The summed E-state index contributed by atoms with van der Waals surface area (Å²) in [6.07, 6.45) is 2.12. The number of ether oxygens (including phenoxy) is 1. The second-order valence-corrected chi connectivity index (χ2v) is 3.35. The van der Waals surface area contributed by atoms with Crippen molar-refractivity contribution in [1.82, 2.24) is 10.2 Å². The Hall–Kier alpha value is -0.610. The number of halogens is 1. The lowest BCUT2D eigenvalue weighted by Gasteiger charge is -2.18. The molecule has 0 aromatic carbocycles. The average Bonchev–Trinajstić information content (AvgIpc) is 2.67. The van der Waals surface area contributed by atoms with E-state index in [1.54, 1.807) is 0 Å². The van der Waals surface area contributed by atoms with Gasteiger partial charge in [0.1, 0.15) is 5.88 Å². The Morgan fingerprint density at radius 1 is 1.46 bits per heavy atom. The van der Waals surface area contributed by atoms with Gasteiger partial charge in [-0.25, -0.2) is 0 Å². The maximum atomic E-state index is 5.55. The molecule has 0 bridgehead atoms. The smallest absolute Gasteiger partial charge is 0.231 e. The Kier molecular flexibility index (Phi) is 2.80. The van der Waals surface area contributed by atoms with E-state index < -0.39 is 0 Å². The van der Waals surface area contributed by atoms with Crippen molar-refractivity contribution >= 4 is 11.6 Å². The summed E-state index contributed by atoms with van der Waals surface area (Å²) in [6.45, 7) is 1.52. The molecule has 0 spiro atoms. The Bertz CT molecular complexity index is 271. The Morgan fingerprint density at radius 2 is 2.38 bits per heavy atom. The van der Waals surface area contributed by atoms with Crippen LogP contribution in [0.3, 0.4) is 0 Å². The molecule has 4 nitrogen and oxygen atoms in total. The third-order valence-corrected chi connectivity index (χ3v) is 2.33. The fraction of sp³-hybridized carbons (Fsp3) is 0.750. The fourth-order valence-corrected chi connectivity index (χ4v) is 1.53. The first kappa shape index (κ1) is 8.97. The lowest BCUT2D eigenvalue weighted by molar-refractivity contribution is 0.0722. The predicted octanol–water partition coefficient (Wildman–Crippen LogP) is 1.70. The van der Waals surface area contributed by atoms with Crippen LogP contribution in [0.1, 0.15) is 30.5 Å². The summed E-state index contributed by atoms with van der Waals surface area (Å²) in [7, 11) is 0. The normalized spacial score (nSPS) is 23.3. The third kappa shape index (κ3) is 2.00. The molecule has 72 valence electrons. The van der Waals surface area contributed by atoms with Crippen molar-refractivity contribution < 1.29 is 9.15 Å². The Morgan fingerprint density at radius 3 is 3.00 bits per heavy atom. The maximum absolute atomic E-state index is 5.55. The van der Waals surface area contributed by atoms with E-state index in [0.29, 0.717) is 18.4 Å². The van der Waals surface area contributed by atoms with Gasteiger partial charge in [-0.3, -0.25) is 0 Å². The van der Waals surface area contributed by atoms with E-state index in [4.69, 9.17) is 20.8 Å². The second kappa shape index (κ2) is 4.07. The van der Waals surface area contributed by atoms with Crippen LogP contribution in [0.15, 0.2) is 4.42 Å². The molecule has 0 unspecified atom stereocenters. The minimum atomic E-state index is 0.262. The number of alkyl halides is 1. The summed E-state index contributed by atoms with van der Waals surface area (Å²) in [5.41, 5.74) is 0. The molecular weight excluding hydrogens is 192 g/mol. The molecule has 5 heteroatoms.